The van der Waals surface area contributed by atoms with Gasteiger partial charge in [0.25, 0.3) is 5.91 Å². The predicted octanol–water partition coefficient (Wildman–Crippen LogP) is 2.54. The number of amides is 5. The topological polar surface area (TPSA) is 146 Å². The van der Waals surface area contributed by atoms with Crippen molar-refractivity contribution in [3.05, 3.63) is 102 Å². The van der Waals surface area contributed by atoms with Crippen LogP contribution in [-0.2, 0) is 32.0 Å². The van der Waals surface area contributed by atoms with Gasteiger partial charge in [-0.25, -0.2) is 0 Å². The van der Waals surface area contributed by atoms with Crippen LogP contribution in [0, 0.1) is 0 Å². The van der Waals surface area contributed by atoms with Gasteiger partial charge in [0.2, 0.25) is 23.6 Å². The lowest BCUT2D eigenvalue weighted by atomic mass is 10.0. The number of benzene rings is 3. The highest BCUT2D eigenvalue weighted by Gasteiger charge is 2.38. The van der Waals surface area contributed by atoms with Crippen molar-refractivity contribution in [1.29, 1.82) is 0 Å². The second kappa shape index (κ2) is 17.1. The minimum atomic E-state index is -1.19. The molecule has 5 rings (SSSR count). The zero-order chi connectivity index (χ0) is 33.7. The molecule has 0 aliphatic carbocycles. The molecule has 11 nitrogen and oxygen atoms in total. The van der Waals surface area contributed by atoms with Crippen LogP contribution in [0.4, 0.5) is 0 Å². The number of rotatable bonds is 7. The number of ether oxygens (including phenoxy) is 1. The first-order valence-corrected chi connectivity index (χ1v) is 16.6. The van der Waals surface area contributed by atoms with Crippen molar-refractivity contribution in [2.24, 2.45) is 0 Å². The molecule has 0 unspecified atom stereocenters. The van der Waals surface area contributed by atoms with Gasteiger partial charge in [0.15, 0.2) is 0 Å². The Morgan fingerprint density at radius 1 is 0.833 bits per heavy atom. The molecule has 2 aliphatic heterocycles. The van der Waals surface area contributed by atoms with E-state index in [-0.39, 0.29) is 37.5 Å². The molecule has 11 heteroatoms. The number of aryl methyl sites for hydroxylation is 1. The van der Waals surface area contributed by atoms with Crippen molar-refractivity contribution in [2.45, 2.75) is 63.1 Å². The average Bonchev–Trinajstić information content (AvgIpc) is 3.61. The van der Waals surface area contributed by atoms with Crippen LogP contribution in [0.1, 0.15) is 53.6 Å². The van der Waals surface area contributed by atoms with E-state index < -0.39 is 41.8 Å². The number of fused-ring (bicyclic) bond motifs is 2. The summed E-state index contributed by atoms with van der Waals surface area (Å²) in [5.74, 6) is -1.93. The SMILES string of the molecule is O=C1N[C@H](C(=O)NCCCc2ccccc2)CC(=O)N2CCC[C@@H]2C(=O)N[C@@H](Cc2ccccc2)C(=O)NCCCOc2ccccc21. The van der Waals surface area contributed by atoms with Crippen molar-refractivity contribution in [1.82, 2.24) is 26.2 Å². The minimum absolute atomic E-state index is 0.209. The van der Waals surface area contributed by atoms with Crippen LogP contribution in [0.15, 0.2) is 84.9 Å². The van der Waals surface area contributed by atoms with E-state index in [1.807, 2.05) is 60.7 Å². The highest BCUT2D eigenvalue weighted by atomic mass is 16.5. The number of nitrogens with one attached hydrogen (secondary N) is 4. The van der Waals surface area contributed by atoms with E-state index in [0.717, 1.165) is 17.5 Å². The smallest absolute Gasteiger partial charge is 0.255 e. The van der Waals surface area contributed by atoms with E-state index in [2.05, 4.69) is 21.3 Å². The third-order valence-corrected chi connectivity index (χ3v) is 8.59. The van der Waals surface area contributed by atoms with Crippen molar-refractivity contribution in [3.8, 4) is 5.75 Å². The summed E-state index contributed by atoms with van der Waals surface area (Å²) in [5, 5.41) is 11.4. The summed E-state index contributed by atoms with van der Waals surface area (Å²) in [4.78, 5) is 69.2. The lowest BCUT2D eigenvalue weighted by Crippen LogP contribution is -2.55. The first-order chi connectivity index (χ1) is 23.4. The molecule has 0 radical (unpaired) electrons. The molecule has 0 aromatic heterocycles. The minimum Gasteiger partial charge on any atom is -0.493 e. The third-order valence-electron chi connectivity index (χ3n) is 8.59. The lowest BCUT2D eigenvalue weighted by molar-refractivity contribution is -0.140. The van der Waals surface area contributed by atoms with Crippen LogP contribution < -0.4 is 26.0 Å². The molecular weight excluding hydrogens is 610 g/mol. The second-order valence-electron chi connectivity index (χ2n) is 12.1. The molecule has 4 N–H and O–H groups in total. The normalized spacial score (nSPS) is 20.9. The fourth-order valence-electron chi connectivity index (χ4n) is 6.04. The summed E-state index contributed by atoms with van der Waals surface area (Å²) in [5.41, 5.74) is 2.25. The number of hydrogen-bond acceptors (Lipinski definition) is 6. The Kier molecular flexibility index (Phi) is 12.2. The van der Waals surface area contributed by atoms with Gasteiger partial charge >= 0.3 is 0 Å². The molecule has 1 fully saturated rings. The molecule has 3 aromatic rings. The van der Waals surface area contributed by atoms with Gasteiger partial charge in [-0.15, -0.1) is 0 Å². The van der Waals surface area contributed by atoms with E-state index in [1.54, 1.807) is 24.3 Å². The Morgan fingerprint density at radius 2 is 1.54 bits per heavy atom. The van der Waals surface area contributed by atoms with Gasteiger partial charge in [-0.1, -0.05) is 72.8 Å². The van der Waals surface area contributed by atoms with E-state index in [9.17, 15) is 24.0 Å². The lowest BCUT2D eigenvalue weighted by Gasteiger charge is -2.28. The molecule has 5 amide bonds. The monoisotopic (exact) mass is 653 g/mol. The first kappa shape index (κ1) is 34.2. The number of nitrogens with zero attached hydrogens (tertiary/aromatic N) is 1. The molecular formula is C37H43N5O6. The van der Waals surface area contributed by atoms with E-state index in [0.29, 0.717) is 44.5 Å². The van der Waals surface area contributed by atoms with Gasteiger partial charge in [0, 0.05) is 26.1 Å². The second-order valence-corrected chi connectivity index (χ2v) is 12.1. The van der Waals surface area contributed by atoms with Crippen LogP contribution in [0.25, 0.3) is 0 Å². The van der Waals surface area contributed by atoms with Crippen LogP contribution in [-0.4, -0.2) is 78.8 Å². The number of carbonyl (C=O) groups excluding carboxylic acids is 5. The largest absolute Gasteiger partial charge is 0.493 e. The highest BCUT2D eigenvalue weighted by Crippen LogP contribution is 2.21. The van der Waals surface area contributed by atoms with Crippen LogP contribution in [0.5, 0.6) is 5.75 Å². The Labute approximate surface area is 280 Å². The summed E-state index contributed by atoms with van der Waals surface area (Å²) >= 11 is 0. The van der Waals surface area contributed by atoms with E-state index >= 15 is 0 Å². The molecule has 3 aromatic carbocycles. The molecule has 48 heavy (non-hydrogen) atoms. The van der Waals surface area contributed by atoms with Crippen LogP contribution >= 0.6 is 0 Å². The summed E-state index contributed by atoms with van der Waals surface area (Å²) in [7, 11) is 0. The van der Waals surface area contributed by atoms with Gasteiger partial charge in [-0.05, 0) is 55.4 Å². The fourth-order valence-corrected chi connectivity index (χ4v) is 6.04. The Bertz CT molecular complexity index is 1570. The molecule has 0 saturated carbocycles. The first-order valence-electron chi connectivity index (χ1n) is 16.6. The number of carbonyl (C=O) groups is 5. The zero-order valence-electron chi connectivity index (χ0n) is 27.0. The predicted molar refractivity (Wildman–Crippen MR) is 180 cm³/mol. The third kappa shape index (κ3) is 9.43. The maximum Gasteiger partial charge on any atom is 0.255 e. The number of hydrogen-bond donors (Lipinski definition) is 4. The molecule has 1 saturated heterocycles. The van der Waals surface area contributed by atoms with Crippen molar-refractivity contribution in [2.75, 3.05) is 26.2 Å². The van der Waals surface area contributed by atoms with E-state index in [4.69, 9.17) is 4.74 Å². The fraction of sp³-hybridized carbons (Fsp3) is 0.378. The Balaban J connectivity index is 1.35. The van der Waals surface area contributed by atoms with Crippen LogP contribution in [0.2, 0.25) is 0 Å². The standard InChI is InChI=1S/C37H43N5O6/c43-33-25-30(36(46)38-20-9-16-26-12-3-1-4-13-26)40-34(44)28-17-7-8-19-32(28)48-23-11-21-39-35(45)29(24-27-14-5-2-6-15-27)41-37(47)31-18-10-22-42(31)33/h1-8,12-15,17,19,29-31H,9-11,16,18,20-25H2,(H,38,46)(H,39,45)(H,40,44)(H,41,47)/t29-,30-,31+/m0/s1. The summed E-state index contributed by atoms with van der Waals surface area (Å²) in [6, 6.07) is 23.2. The van der Waals surface area contributed by atoms with Crippen molar-refractivity contribution in [3.63, 3.8) is 0 Å². The maximum atomic E-state index is 13.8. The summed E-state index contributed by atoms with van der Waals surface area (Å²) in [6.07, 6.45) is 2.84. The van der Waals surface area contributed by atoms with Gasteiger partial charge < -0.3 is 30.9 Å². The molecule has 2 aliphatic rings. The zero-order valence-corrected chi connectivity index (χ0v) is 27.0. The van der Waals surface area contributed by atoms with Crippen molar-refractivity contribution < 1.29 is 28.7 Å². The summed E-state index contributed by atoms with van der Waals surface area (Å²) in [6.45, 7) is 1.17. The Morgan fingerprint density at radius 3 is 2.31 bits per heavy atom. The average molecular weight is 654 g/mol. The summed E-state index contributed by atoms with van der Waals surface area (Å²) < 4.78 is 5.92. The van der Waals surface area contributed by atoms with Crippen molar-refractivity contribution >= 4 is 29.5 Å². The van der Waals surface area contributed by atoms with Gasteiger partial charge in [-0.3, -0.25) is 24.0 Å². The quantitative estimate of drug-likeness (QED) is 0.289. The molecule has 252 valence electrons. The Hall–Kier alpha value is -5.19. The van der Waals surface area contributed by atoms with Gasteiger partial charge in [-0.2, -0.15) is 0 Å². The number of para-hydroxylation sites is 1. The van der Waals surface area contributed by atoms with E-state index in [1.165, 1.54) is 4.90 Å². The van der Waals surface area contributed by atoms with Crippen LogP contribution in [0.3, 0.4) is 0 Å². The molecule has 3 atom stereocenters. The van der Waals surface area contributed by atoms with Gasteiger partial charge in [0.05, 0.1) is 18.6 Å². The molecule has 2 heterocycles. The maximum absolute atomic E-state index is 13.8. The van der Waals surface area contributed by atoms with Gasteiger partial charge in [0.1, 0.15) is 23.9 Å². The molecule has 0 bridgehead atoms. The highest BCUT2D eigenvalue weighted by molar-refractivity contribution is 6.01. The molecule has 0 spiro atoms.